The average molecular weight is 328 g/mol. The van der Waals surface area contributed by atoms with Crippen LogP contribution in [0.4, 0.5) is 4.39 Å². The van der Waals surface area contributed by atoms with Gasteiger partial charge in [-0.3, -0.25) is 9.69 Å². The molecule has 3 aliphatic rings. The lowest BCUT2D eigenvalue weighted by atomic mass is 9.79. The zero-order chi connectivity index (χ0) is 16.7. The first-order chi connectivity index (χ1) is 11.6. The molecule has 2 atom stereocenters. The number of carbonyl (C=O) groups is 1. The minimum atomic E-state index is -0.533. The van der Waals surface area contributed by atoms with Crippen molar-refractivity contribution in [2.45, 2.75) is 31.8 Å². The number of aromatic amines is 1. The molecule has 0 saturated carbocycles. The van der Waals surface area contributed by atoms with E-state index in [1.54, 1.807) is 18.2 Å². The molecule has 2 aromatic rings. The molecule has 5 nitrogen and oxygen atoms in total. The summed E-state index contributed by atoms with van der Waals surface area (Å²) in [5, 5.41) is 3.19. The molecule has 0 aliphatic carbocycles. The second-order valence-electron chi connectivity index (χ2n) is 6.77. The molecule has 3 fully saturated rings. The molecule has 6 heteroatoms. The monoisotopic (exact) mass is 328 g/mol. The summed E-state index contributed by atoms with van der Waals surface area (Å²) in [7, 11) is 0. The van der Waals surface area contributed by atoms with Crippen molar-refractivity contribution in [3.05, 3.63) is 42.1 Å². The zero-order valence-corrected chi connectivity index (χ0v) is 13.6. The largest absolute Gasteiger partial charge is 0.351 e. The quantitative estimate of drug-likeness (QED) is 0.851. The van der Waals surface area contributed by atoms with Gasteiger partial charge in [0.25, 0.3) is 5.91 Å². The first-order valence-electron chi connectivity index (χ1n) is 8.47. The Morgan fingerprint density at radius 3 is 2.83 bits per heavy atom. The van der Waals surface area contributed by atoms with Crippen LogP contribution < -0.4 is 5.32 Å². The van der Waals surface area contributed by atoms with E-state index in [9.17, 15) is 9.18 Å². The Labute approximate surface area is 140 Å². The van der Waals surface area contributed by atoms with E-state index in [0.717, 1.165) is 25.9 Å². The Balaban J connectivity index is 1.49. The lowest BCUT2D eigenvalue weighted by Crippen LogP contribution is -2.62. The fourth-order valence-corrected chi connectivity index (χ4v) is 4.04. The summed E-state index contributed by atoms with van der Waals surface area (Å²) >= 11 is 0. The standard InChI is InChI=1S/C18H21FN4O/c1-11-17(12-5-8-23(11)9-6-12)22-18(24)15-3-2-14(21-15)13-4-7-20-16(19)10-13/h2-4,7,10-12,17,21H,5-6,8-9H2,1H3,(H,22,24)/t11-,17-/m0/s1. The molecule has 1 amide bonds. The second kappa shape index (κ2) is 6.02. The van der Waals surface area contributed by atoms with Gasteiger partial charge in [0.1, 0.15) is 5.69 Å². The van der Waals surface area contributed by atoms with Gasteiger partial charge in [0, 0.05) is 35.6 Å². The Morgan fingerprint density at radius 1 is 1.33 bits per heavy atom. The summed E-state index contributed by atoms with van der Waals surface area (Å²) in [5.41, 5.74) is 1.90. The van der Waals surface area contributed by atoms with Crippen molar-refractivity contribution in [1.29, 1.82) is 0 Å². The summed E-state index contributed by atoms with van der Waals surface area (Å²) in [6.45, 7) is 4.47. The van der Waals surface area contributed by atoms with Crippen molar-refractivity contribution in [1.82, 2.24) is 20.2 Å². The number of fused-ring (bicyclic) bond motifs is 3. The minimum Gasteiger partial charge on any atom is -0.351 e. The number of nitrogens with zero attached hydrogens (tertiary/aromatic N) is 2. The third-order valence-corrected chi connectivity index (χ3v) is 5.44. The zero-order valence-electron chi connectivity index (χ0n) is 13.6. The number of pyridine rings is 1. The van der Waals surface area contributed by atoms with Gasteiger partial charge in [0.15, 0.2) is 0 Å². The van der Waals surface area contributed by atoms with Gasteiger partial charge in [-0.1, -0.05) is 0 Å². The average Bonchev–Trinajstić information content (AvgIpc) is 3.09. The van der Waals surface area contributed by atoms with E-state index in [-0.39, 0.29) is 11.9 Å². The fraction of sp³-hybridized carbons (Fsp3) is 0.444. The van der Waals surface area contributed by atoms with E-state index < -0.39 is 5.95 Å². The van der Waals surface area contributed by atoms with E-state index in [2.05, 4.69) is 27.1 Å². The van der Waals surface area contributed by atoms with Gasteiger partial charge in [-0.15, -0.1) is 0 Å². The van der Waals surface area contributed by atoms with Crippen LogP contribution in [0.5, 0.6) is 0 Å². The van der Waals surface area contributed by atoms with E-state index in [1.165, 1.54) is 12.3 Å². The highest BCUT2D eigenvalue weighted by atomic mass is 19.1. The lowest BCUT2D eigenvalue weighted by Gasteiger charge is -2.49. The number of carbonyl (C=O) groups excluding carboxylic acids is 1. The van der Waals surface area contributed by atoms with Crippen molar-refractivity contribution in [3.8, 4) is 11.3 Å². The molecule has 2 N–H and O–H groups in total. The maximum Gasteiger partial charge on any atom is 0.267 e. The summed E-state index contributed by atoms with van der Waals surface area (Å²) in [5.74, 6) is -0.0618. The number of hydrogen-bond donors (Lipinski definition) is 2. The van der Waals surface area contributed by atoms with Crippen molar-refractivity contribution in [2.75, 3.05) is 13.1 Å². The second-order valence-corrected chi connectivity index (χ2v) is 6.77. The van der Waals surface area contributed by atoms with Gasteiger partial charge in [-0.25, -0.2) is 4.98 Å². The number of hydrogen-bond acceptors (Lipinski definition) is 3. The molecule has 2 bridgehead atoms. The van der Waals surface area contributed by atoms with Crippen LogP contribution in [0.25, 0.3) is 11.3 Å². The van der Waals surface area contributed by atoms with Crippen LogP contribution in [0.3, 0.4) is 0 Å². The molecule has 0 spiro atoms. The molecular formula is C18H21FN4O. The third kappa shape index (κ3) is 2.71. The van der Waals surface area contributed by atoms with Gasteiger partial charge in [0.2, 0.25) is 5.95 Å². The van der Waals surface area contributed by atoms with Crippen LogP contribution in [-0.2, 0) is 0 Å². The normalized spacial score (nSPS) is 28.8. The first kappa shape index (κ1) is 15.3. The van der Waals surface area contributed by atoms with Crippen molar-refractivity contribution >= 4 is 5.91 Å². The molecule has 2 aromatic heterocycles. The number of nitrogens with one attached hydrogen (secondary N) is 2. The number of rotatable bonds is 3. The summed E-state index contributed by atoms with van der Waals surface area (Å²) in [6, 6.07) is 7.18. The molecule has 0 unspecified atom stereocenters. The predicted octanol–water partition coefficient (Wildman–Crippen LogP) is 2.43. The molecule has 3 saturated heterocycles. The van der Waals surface area contributed by atoms with Crippen LogP contribution in [0.15, 0.2) is 30.5 Å². The van der Waals surface area contributed by atoms with Gasteiger partial charge in [0.05, 0.1) is 0 Å². The maximum absolute atomic E-state index is 13.2. The molecule has 24 heavy (non-hydrogen) atoms. The number of H-pyrrole nitrogens is 1. The highest BCUT2D eigenvalue weighted by Crippen LogP contribution is 2.32. The molecule has 3 aliphatic heterocycles. The van der Waals surface area contributed by atoms with E-state index >= 15 is 0 Å². The molecular weight excluding hydrogens is 307 g/mol. The van der Waals surface area contributed by atoms with Crippen LogP contribution in [-0.4, -0.2) is 45.9 Å². The third-order valence-electron chi connectivity index (χ3n) is 5.44. The predicted molar refractivity (Wildman–Crippen MR) is 89.0 cm³/mol. The van der Waals surface area contributed by atoms with Crippen LogP contribution in [0.1, 0.15) is 30.3 Å². The van der Waals surface area contributed by atoms with Crippen molar-refractivity contribution < 1.29 is 9.18 Å². The van der Waals surface area contributed by atoms with Crippen molar-refractivity contribution in [2.24, 2.45) is 5.92 Å². The lowest BCUT2D eigenvalue weighted by molar-refractivity contribution is 0.0216. The van der Waals surface area contributed by atoms with Gasteiger partial charge in [-0.2, -0.15) is 4.39 Å². The Bertz CT molecular complexity index is 749. The van der Waals surface area contributed by atoms with E-state index in [1.807, 2.05) is 0 Å². The van der Waals surface area contributed by atoms with Crippen LogP contribution in [0.2, 0.25) is 0 Å². The Hall–Kier alpha value is -2.21. The van der Waals surface area contributed by atoms with Gasteiger partial charge < -0.3 is 10.3 Å². The fourth-order valence-electron chi connectivity index (χ4n) is 4.04. The Morgan fingerprint density at radius 2 is 2.12 bits per heavy atom. The first-order valence-corrected chi connectivity index (χ1v) is 8.47. The minimum absolute atomic E-state index is 0.0959. The number of aromatic nitrogens is 2. The smallest absolute Gasteiger partial charge is 0.267 e. The Kier molecular flexibility index (Phi) is 3.84. The van der Waals surface area contributed by atoms with E-state index in [4.69, 9.17) is 0 Å². The summed E-state index contributed by atoms with van der Waals surface area (Å²) in [6.07, 6.45) is 3.73. The SMILES string of the molecule is C[C@H]1[C@H](NC(=O)c2ccc(-c3ccnc(F)c3)[nH]2)C2CCN1CC2. The van der Waals surface area contributed by atoms with E-state index in [0.29, 0.717) is 28.9 Å². The molecule has 5 rings (SSSR count). The number of halogens is 1. The number of piperidine rings is 3. The van der Waals surface area contributed by atoms with Crippen LogP contribution in [0, 0.1) is 11.9 Å². The van der Waals surface area contributed by atoms with Gasteiger partial charge in [-0.05, 0) is 57.0 Å². The topological polar surface area (TPSA) is 61.0 Å². The highest BCUT2D eigenvalue weighted by molar-refractivity contribution is 5.93. The van der Waals surface area contributed by atoms with Crippen molar-refractivity contribution in [3.63, 3.8) is 0 Å². The molecule has 126 valence electrons. The molecule has 5 heterocycles. The van der Waals surface area contributed by atoms with Crippen LogP contribution >= 0.6 is 0 Å². The van der Waals surface area contributed by atoms with Gasteiger partial charge >= 0.3 is 0 Å². The number of amides is 1. The maximum atomic E-state index is 13.2. The molecule has 0 aromatic carbocycles. The highest BCUT2D eigenvalue weighted by Gasteiger charge is 2.40. The molecule has 0 radical (unpaired) electrons. The summed E-state index contributed by atoms with van der Waals surface area (Å²) in [4.78, 5) is 21.7. The summed E-state index contributed by atoms with van der Waals surface area (Å²) < 4.78 is 13.2.